The van der Waals surface area contributed by atoms with E-state index in [2.05, 4.69) is 9.97 Å². The molecule has 0 atom stereocenters. The van der Waals surface area contributed by atoms with Crippen molar-refractivity contribution in [1.29, 1.82) is 0 Å². The summed E-state index contributed by atoms with van der Waals surface area (Å²) in [4.78, 5) is 6.60. The van der Waals surface area contributed by atoms with Crippen molar-refractivity contribution in [2.75, 3.05) is 0 Å². The molecule has 0 aliphatic heterocycles. The lowest BCUT2D eigenvalue weighted by Gasteiger charge is -2.09. The normalized spacial score (nSPS) is 12.2. The largest absolute Gasteiger partial charge is 0.436 e. The van der Waals surface area contributed by atoms with E-state index >= 15 is 0 Å². The lowest BCUT2D eigenvalue weighted by Crippen LogP contribution is -2.14. The van der Waals surface area contributed by atoms with Crippen LogP contribution in [0, 0.1) is 5.82 Å². The van der Waals surface area contributed by atoms with Gasteiger partial charge in [0.25, 0.3) is 0 Å². The summed E-state index contributed by atoms with van der Waals surface area (Å²) >= 11 is 0. The van der Waals surface area contributed by atoms with Gasteiger partial charge in [0.15, 0.2) is 11.5 Å². The minimum Gasteiger partial charge on any atom is -0.238 e. The molecule has 0 aromatic carbocycles. The molecular weight excluding hydrogens is 200 g/mol. The molecule has 14 heavy (non-hydrogen) atoms. The lowest BCUT2D eigenvalue weighted by molar-refractivity contribution is -0.144. The lowest BCUT2D eigenvalue weighted by atomic mass is 10.2. The van der Waals surface area contributed by atoms with Crippen LogP contribution in [0.4, 0.5) is 17.6 Å². The Labute approximate surface area is 78.0 Å². The molecular formula is C8H8F4N2. The molecule has 1 rings (SSSR count). The Hall–Kier alpha value is -1.20. The first-order valence-electron chi connectivity index (χ1n) is 3.92. The van der Waals surface area contributed by atoms with E-state index in [0.29, 0.717) is 6.20 Å². The van der Waals surface area contributed by atoms with Crippen molar-refractivity contribution in [3.05, 3.63) is 23.5 Å². The fourth-order valence-corrected chi connectivity index (χ4v) is 0.858. The Kier molecular flexibility index (Phi) is 2.73. The highest BCUT2D eigenvalue weighted by atomic mass is 19.4. The van der Waals surface area contributed by atoms with Crippen molar-refractivity contribution in [2.45, 2.75) is 25.9 Å². The number of alkyl halides is 3. The summed E-state index contributed by atoms with van der Waals surface area (Å²) in [5, 5.41) is 0. The summed E-state index contributed by atoms with van der Waals surface area (Å²) in [6, 6.07) is 0. The fourth-order valence-electron chi connectivity index (χ4n) is 0.858. The van der Waals surface area contributed by atoms with E-state index in [1.165, 1.54) is 0 Å². The van der Waals surface area contributed by atoms with Gasteiger partial charge in [-0.1, -0.05) is 13.8 Å². The number of aromatic nitrogens is 2. The second-order valence-electron chi connectivity index (χ2n) is 3.08. The van der Waals surface area contributed by atoms with Crippen molar-refractivity contribution in [1.82, 2.24) is 9.97 Å². The molecule has 0 N–H and O–H groups in total. The number of rotatable bonds is 1. The third-order valence-electron chi connectivity index (χ3n) is 1.55. The van der Waals surface area contributed by atoms with Crippen LogP contribution >= 0.6 is 0 Å². The Morgan fingerprint density at radius 2 is 1.86 bits per heavy atom. The highest BCUT2D eigenvalue weighted by molar-refractivity contribution is 5.10. The van der Waals surface area contributed by atoms with E-state index in [0.717, 1.165) is 0 Å². The predicted molar refractivity (Wildman–Crippen MR) is 41.1 cm³/mol. The number of hydrogen-bond acceptors (Lipinski definition) is 2. The molecule has 0 bridgehead atoms. The molecule has 0 aliphatic rings. The second kappa shape index (κ2) is 3.51. The number of halogens is 4. The molecule has 6 heteroatoms. The van der Waals surface area contributed by atoms with Crippen LogP contribution in [0.25, 0.3) is 0 Å². The molecule has 0 amide bonds. The van der Waals surface area contributed by atoms with E-state index in [1.54, 1.807) is 13.8 Å². The van der Waals surface area contributed by atoms with E-state index in [-0.39, 0.29) is 11.7 Å². The molecule has 0 unspecified atom stereocenters. The van der Waals surface area contributed by atoms with Crippen LogP contribution in [0.1, 0.15) is 31.3 Å². The van der Waals surface area contributed by atoms with Crippen molar-refractivity contribution in [3.8, 4) is 0 Å². The van der Waals surface area contributed by atoms with Crippen molar-refractivity contribution in [2.24, 2.45) is 0 Å². The zero-order valence-corrected chi connectivity index (χ0v) is 7.56. The minimum absolute atomic E-state index is 0.0151. The molecule has 1 aromatic rings. The summed E-state index contributed by atoms with van der Waals surface area (Å²) in [5.41, 5.74) is -1.50. The van der Waals surface area contributed by atoms with Crippen LogP contribution in [-0.4, -0.2) is 9.97 Å². The molecule has 78 valence electrons. The molecule has 1 heterocycles. The van der Waals surface area contributed by atoms with Gasteiger partial charge in [0.05, 0.1) is 6.20 Å². The quantitative estimate of drug-likeness (QED) is 0.663. The van der Waals surface area contributed by atoms with Gasteiger partial charge in [-0.2, -0.15) is 13.2 Å². The molecule has 1 aromatic heterocycles. The van der Waals surface area contributed by atoms with Gasteiger partial charge in [-0.05, 0) is 0 Å². The van der Waals surface area contributed by atoms with Crippen molar-refractivity contribution >= 4 is 0 Å². The highest BCUT2D eigenvalue weighted by Crippen LogP contribution is 2.29. The second-order valence-corrected chi connectivity index (χ2v) is 3.08. The standard InChI is InChI=1S/C8H8F4N2/c1-4(2)7-13-3-5(9)6(14-7)8(10,11)12/h3-4H,1-2H3. The van der Waals surface area contributed by atoms with Gasteiger partial charge in [-0.15, -0.1) is 0 Å². The first-order chi connectivity index (χ1) is 6.32. The molecule has 0 aliphatic carbocycles. The Morgan fingerprint density at radius 1 is 1.29 bits per heavy atom. The monoisotopic (exact) mass is 208 g/mol. The maximum Gasteiger partial charge on any atom is 0.436 e. The number of hydrogen-bond donors (Lipinski definition) is 0. The smallest absolute Gasteiger partial charge is 0.238 e. The third kappa shape index (κ3) is 2.18. The van der Waals surface area contributed by atoms with Gasteiger partial charge in [-0.3, -0.25) is 0 Å². The van der Waals surface area contributed by atoms with E-state index < -0.39 is 17.7 Å². The van der Waals surface area contributed by atoms with Gasteiger partial charge in [0.1, 0.15) is 5.82 Å². The summed E-state index contributed by atoms with van der Waals surface area (Å²) in [6.45, 7) is 3.26. The van der Waals surface area contributed by atoms with Gasteiger partial charge in [0.2, 0.25) is 0 Å². The van der Waals surface area contributed by atoms with E-state index in [4.69, 9.17) is 0 Å². The van der Waals surface area contributed by atoms with Crippen LogP contribution in [0.15, 0.2) is 6.20 Å². The summed E-state index contributed by atoms with van der Waals surface area (Å²) in [5.74, 6) is -1.72. The number of nitrogens with zero attached hydrogens (tertiary/aromatic N) is 2. The zero-order valence-electron chi connectivity index (χ0n) is 7.56. The van der Waals surface area contributed by atoms with Gasteiger partial charge >= 0.3 is 6.18 Å². The molecule has 0 fully saturated rings. The van der Waals surface area contributed by atoms with Gasteiger partial charge in [-0.25, -0.2) is 14.4 Å². The molecule has 0 saturated heterocycles. The first kappa shape index (κ1) is 10.9. The van der Waals surface area contributed by atoms with Crippen LogP contribution in [0.2, 0.25) is 0 Å². The molecule has 2 nitrogen and oxygen atoms in total. The maximum atomic E-state index is 12.7. The summed E-state index contributed by atoms with van der Waals surface area (Å²) in [7, 11) is 0. The van der Waals surface area contributed by atoms with E-state index in [9.17, 15) is 17.6 Å². The molecule has 0 saturated carbocycles. The van der Waals surface area contributed by atoms with Crippen LogP contribution in [0.3, 0.4) is 0 Å². The molecule has 0 spiro atoms. The maximum absolute atomic E-state index is 12.7. The zero-order chi connectivity index (χ0) is 10.9. The Bertz CT molecular complexity index is 333. The summed E-state index contributed by atoms with van der Waals surface area (Å²) < 4.78 is 49.2. The molecule has 0 radical (unpaired) electrons. The average Bonchev–Trinajstić information content (AvgIpc) is 2.02. The summed E-state index contributed by atoms with van der Waals surface area (Å²) in [6.07, 6.45) is -4.22. The van der Waals surface area contributed by atoms with Crippen molar-refractivity contribution < 1.29 is 17.6 Å². The minimum atomic E-state index is -4.77. The van der Waals surface area contributed by atoms with Crippen molar-refractivity contribution in [3.63, 3.8) is 0 Å². The van der Waals surface area contributed by atoms with Crippen LogP contribution in [-0.2, 0) is 6.18 Å². The Balaban J connectivity index is 3.22. The predicted octanol–water partition coefficient (Wildman–Crippen LogP) is 2.76. The van der Waals surface area contributed by atoms with Gasteiger partial charge < -0.3 is 0 Å². The van der Waals surface area contributed by atoms with Crippen LogP contribution in [0.5, 0.6) is 0 Å². The SMILES string of the molecule is CC(C)c1ncc(F)c(C(F)(F)F)n1. The third-order valence-corrected chi connectivity index (χ3v) is 1.55. The van der Waals surface area contributed by atoms with Crippen LogP contribution < -0.4 is 0 Å². The van der Waals surface area contributed by atoms with E-state index in [1.807, 2.05) is 0 Å². The fraction of sp³-hybridized carbons (Fsp3) is 0.500. The highest BCUT2D eigenvalue weighted by Gasteiger charge is 2.36. The van der Waals surface area contributed by atoms with Gasteiger partial charge in [0, 0.05) is 5.92 Å². The first-order valence-corrected chi connectivity index (χ1v) is 3.92. The topological polar surface area (TPSA) is 25.8 Å². The Morgan fingerprint density at radius 3 is 2.29 bits per heavy atom. The average molecular weight is 208 g/mol.